The van der Waals surface area contributed by atoms with E-state index in [0.29, 0.717) is 22.6 Å². The van der Waals surface area contributed by atoms with Gasteiger partial charge in [0.25, 0.3) is 0 Å². The molecule has 0 aliphatic carbocycles. The lowest BCUT2D eigenvalue weighted by molar-refractivity contribution is 0.103. The number of rotatable bonds is 4. The fourth-order valence-corrected chi connectivity index (χ4v) is 1.72. The van der Waals surface area contributed by atoms with Gasteiger partial charge in [0.2, 0.25) is 5.78 Å². The highest BCUT2D eigenvalue weighted by molar-refractivity contribution is 6.12. The Morgan fingerprint density at radius 3 is 2.22 bits per heavy atom. The molecule has 4 nitrogen and oxygen atoms in total. The molecule has 0 atom stereocenters. The van der Waals surface area contributed by atoms with E-state index in [9.17, 15) is 4.79 Å². The van der Waals surface area contributed by atoms with Gasteiger partial charge in [-0.1, -0.05) is 6.07 Å². The largest absolute Gasteiger partial charge is 0.496 e. The standard InChI is InChI=1S/C14H13NO3/c1-17-11-6-3-7-12(18-2)13(11)14(16)10-5-4-8-15-9-10/h3-9H,1-2H3. The first-order chi connectivity index (χ1) is 8.77. The number of aromatic nitrogens is 1. The molecule has 1 heterocycles. The summed E-state index contributed by atoms with van der Waals surface area (Å²) in [6.45, 7) is 0. The van der Waals surface area contributed by atoms with Crippen molar-refractivity contribution in [3.63, 3.8) is 0 Å². The van der Waals surface area contributed by atoms with Gasteiger partial charge in [0.1, 0.15) is 17.1 Å². The van der Waals surface area contributed by atoms with Crippen molar-refractivity contribution in [3.8, 4) is 11.5 Å². The first-order valence-corrected chi connectivity index (χ1v) is 5.43. The van der Waals surface area contributed by atoms with Gasteiger partial charge in [-0.05, 0) is 24.3 Å². The van der Waals surface area contributed by atoms with Crippen LogP contribution in [0.15, 0.2) is 42.7 Å². The van der Waals surface area contributed by atoms with Crippen LogP contribution in [0.25, 0.3) is 0 Å². The number of hydrogen-bond acceptors (Lipinski definition) is 4. The van der Waals surface area contributed by atoms with E-state index in [4.69, 9.17) is 9.47 Å². The third kappa shape index (κ3) is 2.18. The highest BCUT2D eigenvalue weighted by Crippen LogP contribution is 2.30. The van der Waals surface area contributed by atoms with Crippen molar-refractivity contribution in [1.82, 2.24) is 4.98 Å². The van der Waals surface area contributed by atoms with Gasteiger partial charge < -0.3 is 9.47 Å². The topological polar surface area (TPSA) is 48.4 Å². The normalized spacial score (nSPS) is 9.89. The Labute approximate surface area is 105 Å². The number of pyridine rings is 1. The van der Waals surface area contributed by atoms with Crippen LogP contribution < -0.4 is 9.47 Å². The Bertz CT molecular complexity index is 530. The third-order valence-corrected chi connectivity index (χ3v) is 2.58. The summed E-state index contributed by atoms with van der Waals surface area (Å²) in [6, 6.07) is 8.66. The fourth-order valence-electron chi connectivity index (χ4n) is 1.72. The van der Waals surface area contributed by atoms with Crippen LogP contribution in [-0.4, -0.2) is 25.0 Å². The van der Waals surface area contributed by atoms with Gasteiger partial charge in [-0.2, -0.15) is 0 Å². The fraction of sp³-hybridized carbons (Fsp3) is 0.143. The second-order valence-electron chi connectivity index (χ2n) is 3.61. The molecule has 0 amide bonds. The molecule has 0 fully saturated rings. The van der Waals surface area contributed by atoms with Crippen LogP contribution >= 0.6 is 0 Å². The maximum atomic E-state index is 12.4. The van der Waals surface area contributed by atoms with Crippen LogP contribution in [0.2, 0.25) is 0 Å². The molecule has 92 valence electrons. The van der Waals surface area contributed by atoms with Crippen LogP contribution in [0.4, 0.5) is 0 Å². The van der Waals surface area contributed by atoms with Crippen LogP contribution in [-0.2, 0) is 0 Å². The molecule has 2 aromatic rings. The summed E-state index contributed by atoms with van der Waals surface area (Å²) in [5.41, 5.74) is 0.913. The lowest BCUT2D eigenvalue weighted by atomic mass is 10.0. The van der Waals surface area contributed by atoms with Gasteiger partial charge in [-0.3, -0.25) is 9.78 Å². The summed E-state index contributed by atoms with van der Waals surface area (Å²) in [5.74, 6) is 0.809. The molecule has 0 aliphatic rings. The smallest absolute Gasteiger partial charge is 0.202 e. The van der Waals surface area contributed by atoms with Gasteiger partial charge >= 0.3 is 0 Å². The minimum Gasteiger partial charge on any atom is -0.496 e. The minimum absolute atomic E-state index is 0.169. The average Bonchev–Trinajstić information content (AvgIpc) is 2.46. The number of carbonyl (C=O) groups excluding carboxylic acids is 1. The second kappa shape index (κ2) is 5.31. The lowest BCUT2D eigenvalue weighted by Gasteiger charge is -2.11. The molecule has 4 heteroatoms. The van der Waals surface area contributed by atoms with Gasteiger partial charge in [0, 0.05) is 18.0 Å². The van der Waals surface area contributed by atoms with E-state index in [1.54, 1.807) is 36.5 Å². The summed E-state index contributed by atoms with van der Waals surface area (Å²) >= 11 is 0. The van der Waals surface area contributed by atoms with Crippen LogP contribution in [0.3, 0.4) is 0 Å². The molecule has 0 bridgehead atoms. The number of ether oxygens (including phenoxy) is 2. The van der Waals surface area contributed by atoms with E-state index in [2.05, 4.69) is 4.98 Å². The predicted octanol–water partition coefficient (Wildman–Crippen LogP) is 2.33. The Kier molecular flexibility index (Phi) is 3.57. The number of methoxy groups -OCH3 is 2. The average molecular weight is 243 g/mol. The zero-order valence-electron chi connectivity index (χ0n) is 10.2. The van der Waals surface area contributed by atoms with E-state index < -0.39 is 0 Å². The molecule has 0 radical (unpaired) electrons. The Hall–Kier alpha value is -2.36. The van der Waals surface area contributed by atoms with Gasteiger partial charge in [0.05, 0.1) is 14.2 Å². The lowest BCUT2D eigenvalue weighted by Crippen LogP contribution is -2.06. The molecule has 2 rings (SSSR count). The Morgan fingerprint density at radius 1 is 1.06 bits per heavy atom. The van der Waals surface area contributed by atoms with E-state index in [-0.39, 0.29) is 5.78 Å². The monoisotopic (exact) mass is 243 g/mol. The SMILES string of the molecule is COc1cccc(OC)c1C(=O)c1cccnc1. The van der Waals surface area contributed by atoms with E-state index >= 15 is 0 Å². The first kappa shape index (κ1) is 12.1. The number of nitrogens with zero attached hydrogens (tertiary/aromatic N) is 1. The quantitative estimate of drug-likeness (QED) is 0.773. The summed E-state index contributed by atoms with van der Waals surface area (Å²) in [4.78, 5) is 16.3. The van der Waals surface area contributed by atoms with Gasteiger partial charge in [0.15, 0.2) is 0 Å². The number of benzene rings is 1. The van der Waals surface area contributed by atoms with E-state index in [0.717, 1.165) is 0 Å². The van der Waals surface area contributed by atoms with Gasteiger partial charge in [-0.25, -0.2) is 0 Å². The van der Waals surface area contributed by atoms with E-state index in [1.807, 2.05) is 0 Å². The Morgan fingerprint density at radius 2 is 1.72 bits per heavy atom. The van der Waals surface area contributed by atoms with Crippen molar-refractivity contribution in [2.75, 3.05) is 14.2 Å². The van der Waals surface area contributed by atoms with Crippen molar-refractivity contribution < 1.29 is 14.3 Å². The zero-order valence-corrected chi connectivity index (χ0v) is 10.2. The van der Waals surface area contributed by atoms with Crippen molar-refractivity contribution in [3.05, 3.63) is 53.9 Å². The van der Waals surface area contributed by atoms with Crippen molar-refractivity contribution in [2.24, 2.45) is 0 Å². The molecule has 0 aliphatic heterocycles. The molecular weight excluding hydrogens is 230 g/mol. The molecule has 0 N–H and O–H groups in total. The second-order valence-corrected chi connectivity index (χ2v) is 3.61. The maximum Gasteiger partial charge on any atom is 0.202 e. The molecular formula is C14H13NO3. The van der Waals surface area contributed by atoms with Crippen molar-refractivity contribution in [1.29, 1.82) is 0 Å². The molecule has 18 heavy (non-hydrogen) atoms. The van der Waals surface area contributed by atoms with E-state index in [1.165, 1.54) is 20.4 Å². The number of ketones is 1. The highest BCUT2D eigenvalue weighted by atomic mass is 16.5. The van der Waals surface area contributed by atoms with Crippen molar-refractivity contribution >= 4 is 5.78 Å². The van der Waals surface area contributed by atoms with Crippen molar-refractivity contribution in [2.45, 2.75) is 0 Å². The van der Waals surface area contributed by atoms with Crippen LogP contribution in [0, 0.1) is 0 Å². The third-order valence-electron chi connectivity index (χ3n) is 2.58. The molecule has 0 saturated carbocycles. The summed E-state index contributed by atoms with van der Waals surface area (Å²) in [7, 11) is 3.05. The zero-order chi connectivity index (χ0) is 13.0. The summed E-state index contributed by atoms with van der Waals surface area (Å²) in [6.07, 6.45) is 3.14. The molecule has 0 unspecified atom stereocenters. The molecule has 1 aromatic heterocycles. The maximum absolute atomic E-state index is 12.4. The highest BCUT2D eigenvalue weighted by Gasteiger charge is 2.19. The summed E-state index contributed by atoms with van der Waals surface area (Å²) in [5, 5.41) is 0. The Balaban J connectivity index is 2.53. The molecule has 0 saturated heterocycles. The van der Waals surface area contributed by atoms with Crippen LogP contribution in [0.1, 0.15) is 15.9 Å². The molecule has 1 aromatic carbocycles. The molecule has 0 spiro atoms. The van der Waals surface area contributed by atoms with Gasteiger partial charge in [-0.15, -0.1) is 0 Å². The number of carbonyl (C=O) groups is 1. The van der Waals surface area contributed by atoms with Crippen LogP contribution in [0.5, 0.6) is 11.5 Å². The minimum atomic E-state index is -0.169. The number of hydrogen-bond donors (Lipinski definition) is 0. The summed E-state index contributed by atoms with van der Waals surface area (Å²) < 4.78 is 10.4. The first-order valence-electron chi connectivity index (χ1n) is 5.43. The predicted molar refractivity (Wildman–Crippen MR) is 67.2 cm³/mol.